The smallest absolute Gasteiger partial charge is 0.233 e. The van der Waals surface area contributed by atoms with Crippen molar-refractivity contribution in [3.05, 3.63) is 65.7 Å². The van der Waals surface area contributed by atoms with Crippen molar-refractivity contribution in [1.82, 2.24) is 19.7 Å². The van der Waals surface area contributed by atoms with E-state index < -0.39 is 0 Å². The maximum atomic E-state index is 12.9. The summed E-state index contributed by atoms with van der Waals surface area (Å²) in [4.78, 5) is 14.8. The van der Waals surface area contributed by atoms with Crippen LogP contribution < -0.4 is 0 Å². The molecule has 6 nitrogen and oxygen atoms in total. The standard InChI is InChI=1S/C23H28N4O2S/c1-4-27-22(20-13-9-8-10-18(20)2)24-25-23(27)30-17-21(28)26(14-15-29-3)16-19-11-6-5-7-12-19/h5-13H,4,14-17H2,1-3H3. The average molecular weight is 425 g/mol. The first-order valence-electron chi connectivity index (χ1n) is 10.1. The highest BCUT2D eigenvalue weighted by Gasteiger charge is 2.18. The van der Waals surface area contributed by atoms with Crippen LogP contribution >= 0.6 is 11.8 Å². The van der Waals surface area contributed by atoms with Crippen molar-refractivity contribution in [2.75, 3.05) is 26.0 Å². The molecule has 3 aromatic rings. The van der Waals surface area contributed by atoms with Crippen LogP contribution in [0.4, 0.5) is 0 Å². The third kappa shape index (κ3) is 5.49. The van der Waals surface area contributed by atoms with Crippen molar-refractivity contribution >= 4 is 17.7 Å². The van der Waals surface area contributed by atoms with E-state index in [1.165, 1.54) is 11.8 Å². The molecule has 7 heteroatoms. The van der Waals surface area contributed by atoms with Crippen LogP contribution in [0.1, 0.15) is 18.1 Å². The summed E-state index contributed by atoms with van der Waals surface area (Å²) < 4.78 is 7.26. The molecule has 0 bridgehead atoms. The summed E-state index contributed by atoms with van der Waals surface area (Å²) >= 11 is 1.43. The molecule has 0 aliphatic heterocycles. The fraction of sp³-hybridized carbons (Fsp3) is 0.348. The monoisotopic (exact) mass is 424 g/mol. The maximum absolute atomic E-state index is 12.9. The minimum atomic E-state index is 0.0593. The van der Waals surface area contributed by atoms with Gasteiger partial charge in [-0.1, -0.05) is 66.4 Å². The minimum absolute atomic E-state index is 0.0593. The van der Waals surface area contributed by atoms with Gasteiger partial charge in [-0.3, -0.25) is 4.79 Å². The van der Waals surface area contributed by atoms with Gasteiger partial charge in [0, 0.05) is 32.3 Å². The molecule has 0 N–H and O–H groups in total. The number of amides is 1. The molecule has 158 valence electrons. The van der Waals surface area contributed by atoms with Gasteiger partial charge in [-0.2, -0.15) is 0 Å². The summed E-state index contributed by atoms with van der Waals surface area (Å²) in [6.45, 7) is 6.50. The predicted molar refractivity (Wildman–Crippen MR) is 120 cm³/mol. The highest BCUT2D eigenvalue weighted by atomic mass is 32.2. The zero-order valence-electron chi connectivity index (χ0n) is 17.7. The lowest BCUT2D eigenvalue weighted by molar-refractivity contribution is -0.129. The second-order valence-electron chi connectivity index (χ2n) is 6.95. The summed E-state index contributed by atoms with van der Waals surface area (Å²) in [5, 5.41) is 9.53. The quantitative estimate of drug-likeness (QED) is 0.460. The SMILES string of the molecule is CCn1c(SCC(=O)N(CCOC)Cc2ccccc2)nnc1-c1ccccc1C. The first-order chi connectivity index (χ1) is 14.6. The molecule has 30 heavy (non-hydrogen) atoms. The van der Waals surface area contributed by atoms with Crippen LogP contribution in [0.25, 0.3) is 11.4 Å². The van der Waals surface area contributed by atoms with Crippen molar-refractivity contribution in [2.45, 2.75) is 32.1 Å². The van der Waals surface area contributed by atoms with Crippen LogP contribution in [-0.2, 0) is 22.6 Å². The number of aryl methyl sites for hydroxylation is 1. The van der Waals surface area contributed by atoms with Crippen LogP contribution in [-0.4, -0.2) is 51.6 Å². The van der Waals surface area contributed by atoms with Crippen LogP contribution in [0.5, 0.6) is 0 Å². The molecule has 0 aliphatic rings. The van der Waals surface area contributed by atoms with E-state index >= 15 is 0 Å². The predicted octanol–water partition coefficient (Wildman–Crippen LogP) is 4.04. The lowest BCUT2D eigenvalue weighted by Gasteiger charge is -2.22. The van der Waals surface area contributed by atoms with Crippen molar-refractivity contribution in [2.24, 2.45) is 0 Å². The largest absolute Gasteiger partial charge is 0.383 e. The average Bonchev–Trinajstić information content (AvgIpc) is 3.18. The molecular weight excluding hydrogens is 396 g/mol. The summed E-state index contributed by atoms with van der Waals surface area (Å²) in [7, 11) is 1.65. The van der Waals surface area contributed by atoms with Crippen LogP contribution in [0, 0.1) is 6.92 Å². The van der Waals surface area contributed by atoms with E-state index in [1.807, 2.05) is 47.4 Å². The summed E-state index contributed by atoms with van der Waals surface area (Å²) in [5.41, 5.74) is 3.32. The van der Waals surface area contributed by atoms with Gasteiger partial charge in [0.05, 0.1) is 12.4 Å². The molecule has 0 unspecified atom stereocenters. The van der Waals surface area contributed by atoms with Gasteiger partial charge in [0.15, 0.2) is 11.0 Å². The topological polar surface area (TPSA) is 60.2 Å². The number of carbonyl (C=O) groups is 1. The number of methoxy groups -OCH3 is 1. The normalized spacial score (nSPS) is 10.9. The number of thioether (sulfide) groups is 1. The molecule has 0 aliphatic carbocycles. The van der Waals surface area contributed by atoms with Crippen LogP contribution in [0.3, 0.4) is 0 Å². The molecule has 3 rings (SSSR count). The Labute approximate surface area is 182 Å². The number of rotatable bonds is 10. The fourth-order valence-electron chi connectivity index (χ4n) is 3.22. The van der Waals surface area contributed by atoms with Gasteiger partial charge < -0.3 is 14.2 Å². The maximum Gasteiger partial charge on any atom is 0.233 e. The number of benzene rings is 2. The van der Waals surface area contributed by atoms with Crippen molar-refractivity contribution < 1.29 is 9.53 Å². The van der Waals surface area contributed by atoms with E-state index in [9.17, 15) is 4.79 Å². The van der Waals surface area contributed by atoms with Crippen molar-refractivity contribution in [3.63, 3.8) is 0 Å². The first kappa shape index (κ1) is 22.1. The summed E-state index contributed by atoms with van der Waals surface area (Å²) in [6.07, 6.45) is 0. The van der Waals surface area contributed by atoms with Crippen molar-refractivity contribution in [1.29, 1.82) is 0 Å². The highest BCUT2D eigenvalue weighted by Crippen LogP contribution is 2.26. The van der Waals surface area contributed by atoms with Gasteiger partial charge in [-0.15, -0.1) is 10.2 Å². The number of hydrogen-bond acceptors (Lipinski definition) is 5. The molecule has 0 saturated heterocycles. The zero-order valence-corrected chi connectivity index (χ0v) is 18.6. The lowest BCUT2D eigenvalue weighted by Crippen LogP contribution is -2.34. The fourth-order valence-corrected chi connectivity index (χ4v) is 4.12. The Morgan fingerprint density at radius 2 is 1.83 bits per heavy atom. The molecule has 0 fully saturated rings. The van der Waals surface area contributed by atoms with E-state index in [0.717, 1.165) is 34.2 Å². The van der Waals surface area contributed by atoms with E-state index in [4.69, 9.17) is 4.74 Å². The minimum Gasteiger partial charge on any atom is -0.383 e. The third-order valence-electron chi connectivity index (χ3n) is 4.88. The van der Waals surface area contributed by atoms with Gasteiger partial charge in [-0.05, 0) is 25.0 Å². The molecule has 1 amide bonds. The van der Waals surface area contributed by atoms with E-state index in [2.05, 4.69) is 40.7 Å². The molecule has 0 spiro atoms. The third-order valence-corrected chi connectivity index (χ3v) is 5.83. The van der Waals surface area contributed by atoms with Crippen LogP contribution in [0.2, 0.25) is 0 Å². The van der Waals surface area contributed by atoms with E-state index in [-0.39, 0.29) is 5.91 Å². The second-order valence-corrected chi connectivity index (χ2v) is 7.89. The van der Waals surface area contributed by atoms with Crippen molar-refractivity contribution in [3.8, 4) is 11.4 Å². The summed E-state index contributed by atoms with van der Waals surface area (Å²) in [5.74, 6) is 1.21. The van der Waals surface area contributed by atoms with Gasteiger partial charge in [0.2, 0.25) is 5.91 Å². The number of nitrogens with zero attached hydrogens (tertiary/aromatic N) is 4. The molecule has 0 radical (unpaired) electrons. The second kappa shape index (κ2) is 10.9. The molecule has 2 aromatic carbocycles. The molecule has 1 aromatic heterocycles. The zero-order chi connectivity index (χ0) is 21.3. The highest BCUT2D eigenvalue weighted by molar-refractivity contribution is 7.99. The Balaban J connectivity index is 1.71. The molecule has 0 saturated carbocycles. The Hall–Kier alpha value is -2.64. The Bertz CT molecular complexity index is 959. The Morgan fingerprint density at radius 1 is 1.10 bits per heavy atom. The number of hydrogen-bond donors (Lipinski definition) is 0. The number of carbonyl (C=O) groups excluding carboxylic acids is 1. The number of ether oxygens (including phenoxy) is 1. The first-order valence-corrected chi connectivity index (χ1v) is 11.0. The number of aromatic nitrogens is 3. The van der Waals surface area contributed by atoms with Gasteiger partial charge in [0.1, 0.15) is 0 Å². The van der Waals surface area contributed by atoms with Crippen LogP contribution in [0.15, 0.2) is 59.8 Å². The Kier molecular flexibility index (Phi) is 8.04. The Morgan fingerprint density at radius 3 is 2.53 bits per heavy atom. The van der Waals surface area contributed by atoms with Gasteiger partial charge in [-0.25, -0.2) is 0 Å². The lowest BCUT2D eigenvalue weighted by atomic mass is 10.1. The summed E-state index contributed by atoms with van der Waals surface area (Å²) in [6, 6.07) is 18.1. The molecule has 0 atom stereocenters. The molecule has 1 heterocycles. The molecular formula is C23H28N4O2S. The van der Waals surface area contributed by atoms with E-state index in [1.54, 1.807) is 7.11 Å². The van der Waals surface area contributed by atoms with E-state index in [0.29, 0.717) is 25.4 Å². The van der Waals surface area contributed by atoms with Gasteiger partial charge in [0.25, 0.3) is 0 Å². The van der Waals surface area contributed by atoms with Gasteiger partial charge >= 0.3 is 0 Å².